The van der Waals surface area contributed by atoms with Crippen LogP contribution in [0.2, 0.25) is 0 Å². The lowest BCUT2D eigenvalue weighted by atomic mass is 10.1. The smallest absolute Gasteiger partial charge is 0.192 e. The number of tetrazole rings is 2. The van der Waals surface area contributed by atoms with Crippen LogP contribution in [0.5, 0.6) is 0 Å². The van der Waals surface area contributed by atoms with Crippen LogP contribution in [-0.4, -0.2) is 40.7 Å². The largest absolute Gasteiger partial charge is 0.208 e. The normalized spacial score (nSPS) is 11.3. The van der Waals surface area contributed by atoms with Gasteiger partial charge in [-0.1, -0.05) is 18.2 Å². The standard InChI is InChI=1S/C10H6N8/c1-2-4-8-6(3-1)5-7(9-11-14-15-12-9)10-13-16-17-18(8)10/h1-5H,(H,11,12,14,15). The van der Waals surface area contributed by atoms with E-state index in [2.05, 4.69) is 36.1 Å². The van der Waals surface area contributed by atoms with E-state index < -0.39 is 0 Å². The van der Waals surface area contributed by atoms with Crippen molar-refractivity contribution in [2.75, 3.05) is 0 Å². The molecule has 0 amide bonds. The molecule has 0 unspecified atom stereocenters. The first-order chi connectivity index (χ1) is 8.93. The van der Waals surface area contributed by atoms with Crippen molar-refractivity contribution in [3.8, 4) is 11.4 Å². The van der Waals surface area contributed by atoms with Crippen molar-refractivity contribution in [1.82, 2.24) is 40.7 Å². The third kappa shape index (κ3) is 1.14. The van der Waals surface area contributed by atoms with Crippen molar-refractivity contribution in [1.29, 1.82) is 0 Å². The van der Waals surface area contributed by atoms with E-state index >= 15 is 0 Å². The fourth-order valence-electron chi connectivity index (χ4n) is 1.98. The Labute approximate surface area is 99.6 Å². The molecule has 8 heteroatoms. The SMILES string of the molecule is c1ccc2c(c1)cc(-c1nn[nH]n1)c1nnnn12. The van der Waals surface area contributed by atoms with Crippen molar-refractivity contribution < 1.29 is 0 Å². The molecule has 0 aliphatic carbocycles. The van der Waals surface area contributed by atoms with Gasteiger partial charge in [0.15, 0.2) is 5.65 Å². The predicted molar refractivity (Wildman–Crippen MR) is 61.5 cm³/mol. The quantitative estimate of drug-likeness (QED) is 0.517. The number of rotatable bonds is 1. The third-order valence-corrected chi connectivity index (χ3v) is 2.76. The van der Waals surface area contributed by atoms with Crippen LogP contribution in [0.4, 0.5) is 0 Å². The molecule has 0 aliphatic heterocycles. The van der Waals surface area contributed by atoms with Gasteiger partial charge in [0.1, 0.15) is 0 Å². The van der Waals surface area contributed by atoms with E-state index in [1.807, 2.05) is 30.3 Å². The molecule has 0 spiro atoms. The predicted octanol–water partition coefficient (Wildman–Crippen LogP) is 0.458. The number of para-hydroxylation sites is 1. The Morgan fingerprint density at radius 2 is 2.06 bits per heavy atom. The van der Waals surface area contributed by atoms with Gasteiger partial charge in [0.2, 0.25) is 5.82 Å². The van der Waals surface area contributed by atoms with Crippen molar-refractivity contribution in [2.24, 2.45) is 0 Å². The Hall–Kier alpha value is -2.90. The first-order valence-corrected chi connectivity index (χ1v) is 5.27. The van der Waals surface area contributed by atoms with E-state index in [1.165, 1.54) is 0 Å². The summed E-state index contributed by atoms with van der Waals surface area (Å²) >= 11 is 0. The number of nitrogens with one attached hydrogen (secondary N) is 1. The highest BCUT2D eigenvalue weighted by Gasteiger charge is 2.13. The molecule has 0 saturated heterocycles. The topological polar surface area (TPSA) is 97.5 Å². The number of hydrogen-bond acceptors (Lipinski definition) is 6. The molecular formula is C10H6N8. The summed E-state index contributed by atoms with van der Waals surface area (Å²) in [6, 6.07) is 9.79. The summed E-state index contributed by atoms with van der Waals surface area (Å²) < 4.78 is 1.67. The number of hydrogen-bond donors (Lipinski definition) is 1. The summed E-state index contributed by atoms with van der Waals surface area (Å²) in [6.45, 7) is 0. The Balaban J connectivity index is 2.21. The number of H-pyrrole nitrogens is 1. The zero-order chi connectivity index (χ0) is 11.9. The van der Waals surface area contributed by atoms with Crippen LogP contribution in [0, 0.1) is 0 Å². The van der Waals surface area contributed by atoms with Gasteiger partial charge < -0.3 is 0 Å². The van der Waals surface area contributed by atoms with Crippen LogP contribution in [-0.2, 0) is 0 Å². The summed E-state index contributed by atoms with van der Waals surface area (Å²) in [5.41, 5.74) is 2.28. The second kappa shape index (κ2) is 3.29. The highest BCUT2D eigenvalue weighted by atomic mass is 15.5. The molecular weight excluding hydrogens is 232 g/mol. The fraction of sp³-hybridized carbons (Fsp3) is 0. The lowest BCUT2D eigenvalue weighted by Gasteiger charge is -2.02. The minimum absolute atomic E-state index is 0.473. The zero-order valence-corrected chi connectivity index (χ0v) is 9.02. The summed E-state index contributed by atoms with van der Waals surface area (Å²) in [6.07, 6.45) is 0. The maximum atomic E-state index is 4.00. The molecule has 4 rings (SSSR count). The molecule has 4 aromatic rings. The minimum Gasteiger partial charge on any atom is -0.192 e. The van der Waals surface area contributed by atoms with Gasteiger partial charge in [-0.05, 0) is 27.8 Å². The second-order valence-corrected chi connectivity index (χ2v) is 3.77. The van der Waals surface area contributed by atoms with E-state index in [4.69, 9.17) is 0 Å². The highest BCUT2D eigenvalue weighted by molar-refractivity contribution is 5.89. The number of pyridine rings is 1. The van der Waals surface area contributed by atoms with E-state index in [0.717, 1.165) is 16.5 Å². The van der Waals surface area contributed by atoms with Crippen LogP contribution in [0.15, 0.2) is 30.3 Å². The molecule has 0 atom stereocenters. The van der Waals surface area contributed by atoms with E-state index in [0.29, 0.717) is 11.5 Å². The summed E-state index contributed by atoms with van der Waals surface area (Å²) in [5.74, 6) is 0.473. The Morgan fingerprint density at radius 1 is 1.11 bits per heavy atom. The lowest BCUT2D eigenvalue weighted by molar-refractivity contribution is 0.841. The van der Waals surface area contributed by atoms with Gasteiger partial charge in [-0.15, -0.1) is 15.3 Å². The fourth-order valence-corrected chi connectivity index (χ4v) is 1.98. The number of aromatic nitrogens is 8. The van der Waals surface area contributed by atoms with Crippen molar-refractivity contribution in [2.45, 2.75) is 0 Å². The molecule has 86 valence electrons. The average Bonchev–Trinajstić information content (AvgIpc) is 3.09. The molecule has 1 N–H and O–H groups in total. The zero-order valence-electron chi connectivity index (χ0n) is 9.02. The molecule has 3 aromatic heterocycles. The van der Waals surface area contributed by atoms with Gasteiger partial charge in [-0.2, -0.15) is 9.73 Å². The first-order valence-electron chi connectivity index (χ1n) is 5.27. The summed E-state index contributed by atoms with van der Waals surface area (Å²) in [4.78, 5) is 0. The molecule has 8 nitrogen and oxygen atoms in total. The molecule has 3 heterocycles. The van der Waals surface area contributed by atoms with Crippen LogP contribution in [0.1, 0.15) is 0 Å². The van der Waals surface area contributed by atoms with Crippen LogP contribution < -0.4 is 0 Å². The van der Waals surface area contributed by atoms with Gasteiger partial charge in [0.25, 0.3) is 0 Å². The number of aromatic amines is 1. The highest BCUT2D eigenvalue weighted by Crippen LogP contribution is 2.24. The van der Waals surface area contributed by atoms with Gasteiger partial charge in [-0.25, -0.2) is 0 Å². The maximum absolute atomic E-state index is 4.00. The molecule has 0 saturated carbocycles. The Bertz CT molecular complexity index is 831. The van der Waals surface area contributed by atoms with Gasteiger partial charge >= 0.3 is 0 Å². The third-order valence-electron chi connectivity index (χ3n) is 2.76. The average molecular weight is 238 g/mol. The van der Waals surface area contributed by atoms with Crippen molar-refractivity contribution in [3.63, 3.8) is 0 Å². The van der Waals surface area contributed by atoms with Gasteiger partial charge in [0.05, 0.1) is 11.1 Å². The molecule has 0 bridgehead atoms. The first kappa shape index (κ1) is 9.16. The van der Waals surface area contributed by atoms with E-state index in [-0.39, 0.29) is 0 Å². The summed E-state index contributed by atoms with van der Waals surface area (Å²) in [5, 5.41) is 26.6. The molecule has 0 aliphatic rings. The molecule has 0 radical (unpaired) electrons. The Kier molecular flexibility index (Phi) is 1.68. The van der Waals surface area contributed by atoms with Crippen molar-refractivity contribution >= 4 is 16.6 Å². The maximum Gasteiger partial charge on any atom is 0.208 e. The van der Waals surface area contributed by atoms with E-state index in [1.54, 1.807) is 4.52 Å². The minimum atomic E-state index is 0.473. The lowest BCUT2D eigenvalue weighted by Crippen LogP contribution is -1.94. The molecule has 0 fully saturated rings. The van der Waals surface area contributed by atoms with E-state index in [9.17, 15) is 0 Å². The monoisotopic (exact) mass is 238 g/mol. The van der Waals surface area contributed by atoms with Crippen molar-refractivity contribution in [3.05, 3.63) is 30.3 Å². The number of benzene rings is 1. The second-order valence-electron chi connectivity index (χ2n) is 3.77. The number of fused-ring (bicyclic) bond motifs is 3. The molecule has 18 heavy (non-hydrogen) atoms. The van der Waals surface area contributed by atoms with Crippen LogP contribution >= 0.6 is 0 Å². The molecule has 1 aromatic carbocycles. The Morgan fingerprint density at radius 3 is 2.94 bits per heavy atom. The number of nitrogens with zero attached hydrogens (tertiary/aromatic N) is 7. The summed E-state index contributed by atoms with van der Waals surface area (Å²) in [7, 11) is 0. The van der Waals surface area contributed by atoms with Gasteiger partial charge in [0, 0.05) is 5.39 Å². The van der Waals surface area contributed by atoms with Crippen LogP contribution in [0.25, 0.3) is 27.9 Å². The van der Waals surface area contributed by atoms with Crippen LogP contribution in [0.3, 0.4) is 0 Å². The van der Waals surface area contributed by atoms with Gasteiger partial charge in [-0.3, -0.25) is 0 Å².